The SMILES string of the molecule is O=C=NS(=O)(=O)c1c(OC(F)F)cccc1C(=O)OC1CCO1. The van der Waals surface area contributed by atoms with Gasteiger partial charge in [0.25, 0.3) is 16.1 Å². The van der Waals surface area contributed by atoms with Gasteiger partial charge in [-0.25, -0.2) is 9.59 Å². The zero-order chi connectivity index (χ0) is 17.0. The summed E-state index contributed by atoms with van der Waals surface area (Å²) in [6.07, 6.45) is 0.339. The minimum atomic E-state index is -4.79. The Bertz CT molecular complexity index is 755. The van der Waals surface area contributed by atoms with Gasteiger partial charge in [-0.3, -0.25) is 0 Å². The number of carbonyl (C=O) groups is 1. The molecule has 2 rings (SSSR count). The third-order valence-electron chi connectivity index (χ3n) is 2.73. The number of hydrogen-bond acceptors (Lipinski definition) is 7. The lowest BCUT2D eigenvalue weighted by atomic mass is 10.2. The maximum atomic E-state index is 12.4. The molecule has 0 amide bonds. The average Bonchev–Trinajstić information content (AvgIpc) is 2.41. The van der Waals surface area contributed by atoms with Crippen molar-refractivity contribution in [2.75, 3.05) is 6.61 Å². The lowest BCUT2D eigenvalue weighted by Gasteiger charge is -2.26. The normalized spacial score (nSPS) is 17.1. The monoisotopic (exact) mass is 349 g/mol. The number of hydrogen-bond donors (Lipinski definition) is 0. The van der Waals surface area contributed by atoms with Crippen LogP contribution in [0.3, 0.4) is 0 Å². The molecule has 0 spiro atoms. The van der Waals surface area contributed by atoms with Gasteiger partial charge < -0.3 is 14.2 Å². The number of nitrogens with zero attached hydrogens (tertiary/aromatic N) is 1. The summed E-state index contributed by atoms with van der Waals surface area (Å²) in [5, 5.41) is 0. The van der Waals surface area contributed by atoms with Crippen LogP contribution in [-0.4, -0.2) is 40.0 Å². The molecule has 8 nitrogen and oxygen atoms in total. The summed E-state index contributed by atoms with van der Waals surface area (Å²) in [7, 11) is -4.79. The van der Waals surface area contributed by atoms with Crippen LogP contribution in [0.1, 0.15) is 16.8 Å². The van der Waals surface area contributed by atoms with E-state index in [0.29, 0.717) is 13.0 Å². The van der Waals surface area contributed by atoms with Gasteiger partial charge in [0.15, 0.2) is 0 Å². The number of rotatable bonds is 6. The molecule has 1 fully saturated rings. The Balaban J connectivity index is 2.51. The predicted octanol–water partition coefficient (Wildman–Crippen LogP) is 1.22. The summed E-state index contributed by atoms with van der Waals surface area (Å²) in [6.45, 7) is -2.99. The van der Waals surface area contributed by atoms with Crippen LogP contribution in [-0.2, 0) is 24.3 Å². The molecule has 1 saturated heterocycles. The van der Waals surface area contributed by atoms with Gasteiger partial charge in [-0.15, -0.1) is 0 Å². The third-order valence-corrected chi connectivity index (χ3v) is 3.98. The van der Waals surface area contributed by atoms with Gasteiger partial charge in [-0.1, -0.05) is 10.5 Å². The second kappa shape index (κ2) is 6.82. The summed E-state index contributed by atoms with van der Waals surface area (Å²) < 4.78 is 65.0. The van der Waals surface area contributed by atoms with Crippen molar-refractivity contribution in [3.05, 3.63) is 23.8 Å². The van der Waals surface area contributed by atoms with Crippen LogP contribution >= 0.6 is 0 Å². The van der Waals surface area contributed by atoms with Crippen molar-refractivity contribution in [1.82, 2.24) is 0 Å². The standard InChI is InChI=1S/C12H9F2NO7S/c13-12(14)21-8-3-1-2-7(10(8)23(18,19)15-6-16)11(17)22-9-4-5-20-9/h1-3,9,12H,4-5H2. The summed E-state index contributed by atoms with van der Waals surface area (Å²) in [5.41, 5.74) is -0.613. The smallest absolute Gasteiger partial charge is 0.387 e. The van der Waals surface area contributed by atoms with Gasteiger partial charge >= 0.3 is 12.6 Å². The lowest BCUT2D eigenvalue weighted by molar-refractivity contribution is -0.184. The molecule has 124 valence electrons. The van der Waals surface area contributed by atoms with E-state index in [1.807, 2.05) is 0 Å². The molecular weight excluding hydrogens is 340 g/mol. The van der Waals surface area contributed by atoms with Gasteiger partial charge in [0, 0.05) is 6.42 Å². The van der Waals surface area contributed by atoms with Crippen LogP contribution in [0.25, 0.3) is 0 Å². The third kappa shape index (κ3) is 3.89. The Kier molecular flexibility index (Phi) is 5.04. The second-order valence-electron chi connectivity index (χ2n) is 4.16. The first-order valence-corrected chi connectivity index (χ1v) is 7.53. The molecule has 1 heterocycles. The second-order valence-corrected chi connectivity index (χ2v) is 5.70. The topological polar surface area (TPSA) is 108 Å². The number of sulfonamides is 1. The number of ether oxygens (including phenoxy) is 3. The van der Waals surface area contributed by atoms with Crippen molar-refractivity contribution in [1.29, 1.82) is 0 Å². The molecule has 1 unspecified atom stereocenters. The van der Waals surface area contributed by atoms with Crippen LogP contribution in [0.15, 0.2) is 27.5 Å². The van der Waals surface area contributed by atoms with Gasteiger partial charge in [-0.2, -0.15) is 17.2 Å². The van der Waals surface area contributed by atoms with E-state index >= 15 is 0 Å². The highest BCUT2D eigenvalue weighted by Crippen LogP contribution is 2.31. The van der Waals surface area contributed by atoms with Crippen LogP contribution < -0.4 is 4.74 Å². The average molecular weight is 349 g/mol. The van der Waals surface area contributed by atoms with E-state index in [-0.39, 0.29) is 0 Å². The van der Waals surface area contributed by atoms with Crippen molar-refractivity contribution >= 4 is 22.1 Å². The quantitative estimate of drug-likeness (QED) is 0.431. The number of isocyanates is 1. The molecule has 1 aliphatic rings. The fraction of sp³-hybridized carbons (Fsp3) is 0.333. The van der Waals surface area contributed by atoms with Crippen molar-refractivity contribution in [2.45, 2.75) is 24.2 Å². The minimum Gasteiger partial charge on any atom is -0.433 e. The van der Waals surface area contributed by atoms with E-state index in [1.54, 1.807) is 0 Å². The first-order chi connectivity index (χ1) is 10.8. The lowest BCUT2D eigenvalue weighted by Crippen LogP contribution is -2.32. The Hall–Kier alpha value is -2.36. The molecule has 23 heavy (non-hydrogen) atoms. The Morgan fingerprint density at radius 3 is 2.65 bits per heavy atom. The highest BCUT2D eigenvalue weighted by Gasteiger charge is 2.31. The molecule has 1 aromatic rings. The van der Waals surface area contributed by atoms with E-state index < -0.39 is 45.1 Å². The van der Waals surface area contributed by atoms with E-state index in [9.17, 15) is 26.8 Å². The molecular formula is C12H9F2NO7S. The summed E-state index contributed by atoms with van der Waals surface area (Å²) in [4.78, 5) is 21.2. The van der Waals surface area contributed by atoms with Gasteiger partial charge in [0.05, 0.1) is 12.2 Å². The first-order valence-electron chi connectivity index (χ1n) is 6.09. The maximum Gasteiger partial charge on any atom is 0.387 e. The molecule has 1 atom stereocenters. The van der Waals surface area contributed by atoms with Crippen molar-refractivity contribution in [2.24, 2.45) is 4.40 Å². The van der Waals surface area contributed by atoms with Crippen LogP contribution in [0.2, 0.25) is 0 Å². The number of alkyl halides is 2. The zero-order valence-corrected chi connectivity index (χ0v) is 12.1. The van der Waals surface area contributed by atoms with E-state index in [1.165, 1.54) is 0 Å². The molecule has 0 aliphatic carbocycles. The van der Waals surface area contributed by atoms with Crippen LogP contribution in [0.4, 0.5) is 8.78 Å². The molecule has 0 saturated carbocycles. The number of benzene rings is 1. The highest BCUT2D eigenvalue weighted by molar-refractivity contribution is 7.90. The molecule has 0 aromatic heterocycles. The number of esters is 1. The van der Waals surface area contributed by atoms with Gasteiger partial charge in [0.1, 0.15) is 10.6 Å². The van der Waals surface area contributed by atoms with E-state index in [4.69, 9.17) is 9.47 Å². The number of carbonyl (C=O) groups excluding carboxylic acids is 2. The molecule has 0 bridgehead atoms. The summed E-state index contributed by atoms with van der Waals surface area (Å²) >= 11 is 0. The number of halogens is 2. The fourth-order valence-corrected chi connectivity index (χ4v) is 2.71. The minimum absolute atomic E-state index is 0.368. The van der Waals surface area contributed by atoms with E-state index in [0.717, 1.165) is 24.3 Å². The van der Waals surface area contributed by atoms with Gasteiger partial charge in [-0.05, 0) is 12.1 Å². The van der Waals surface area contributed by atoms with E-state index in [2.05, 4.69) is 9.13 Å². The zero-order valence-electron chi connectivity index (χ0n) is 11.3. The Labute approximate surface area is 128 Å². The molecule has 1 aromatic carbocycles. The highest BCUT2D eigenvalue weighted by atomic mass is 32.2. The molecule has 1 aliphatic heterocycles. The van der Waals surface area contributed by atoms with Crippen molar-refractivity contribution in [3.63, 3.8) is 0 Å². The summed E-state index contributed by atoms with van der Waals surface area (Å²) in [6, 6.07) is 3.00. The van der Waals surface area contributed by atoms with Crippen LogP contribution in [0, 0.1) is 0 Å². The van der Waals surface area contributed by atoms with Crippen molar-refractivity contribution < 1.29 is 41.0 Å². The fourth-order valence-electron chi connectivity index (χ4n) is 1.72. The summed E-state index contributed by atoms with van der Waals surface area (Å²) in [5.74, 6) is -1.99. The first kappa shape index (κ1) is 17.0. The Morgan fingerprint density at radius 2 is 2.13 bits per heavy atom. The van der Waals surface area contributed by atoms with Gasteiger partial charge in [0.2, 0.25) is 6.29 Å². The maximum absolute atomic E-state index is 12.4. The Morgan fingerprint density at radius 1 is 1.43 bits per heavy atom. The van der Waals surface area contributed by atoms with Crippen molar-refractivity contribution in [3.8, 4) is 5.75 Å². The predicted molar refractivity (Wildman–Crippen MR) is 68.2 cm³/mol. The largest absolute Gasteiger partial charge is 0.433 e. The van der Waals surface area contributed by atoms with Crippen LogP contribution in [0.5, 0.6) is 5.75 Å². The molecule has 0 N–H and O–H groups in total. The molecule has 11 heteroatoms. The molecule has 0 radical (unpaired) electrons.